The highest BCUT2D eigenvalue weighted by Gasteiger charge is 2.47. The minimum atomic E-state index is -4.75. The van der Waals surface area contributed by atoms with Gasteiger partial charge in [0.15, 0.2) is 9.84 Å². The number of allylic oxidation sites excluding steroid dienone is 1. The Morgan fingerprint density at radius 2 is 1.83 bits per heavy atom. The van der Waals surface area contributed by atoms with E-state index < -0.39 is 57.2 Å². The third-order valence-electron chi connectivity index (χ3n) is 7.33. The number of hydrogen-bond acceptors (Lipinski definition) is 7. The van der Waals surface area contributed by atoms with Crippen LogP contribution in [-0.4, -0.2) is 60.8 Å². The first-order chi connectivity index (χ1) is 19.7. The van der Waals surface area contributed by atoms with Gasteiger partial charge in [-0.2, -0.15) is 23.7 Å². The number of urea groups is 2. The van der Waals surface area contributed by atoms with E-state index in [1.807, 2.05) is 12.1 Å². The third kappa shape index (κ3) is 5.55. The van der Waals surface area contributed by atoms with Gasteiger partial charge in [0.1, 0.15) is 6.04 Å². The molecule has 2 aromatic rings. The molecule has 220 valence electrons. The molecule has 4 rings (SSSR count). The molecule has 0 bridgehead atoms. The van der Waals surface area contributed by atoms with Crippen LogP contribution in [0.4, 0.5) is 28.4 Å². The number of aliphatic hydroxyl groups is 1. The summed E-state index contributed by atoms with van der Waals surface area (Å²) in [4.78, 5) is 30.7. The van der Waals surface area contributed by atoms with E-state index in [0.29, 0.717) is 30.2 Å². The second kappa shape index (κ2) is 11.5. The largest absolute Gasteiger partial charge is 0.416 e. The van der Waals surface area contributed by atoms with Gasteiger partial charge >= 0.3 is 18.2 Å². The quantitative estimate of drug-likeness (QED) is 0.533. The van der Waals surface area contributed by atoms with Gasteiger partial charge in [-0.15, -0.1) is 0 Å². The first-order valence-electron chi connectivity index (χ1n) is 12.8. The molecule has 4 amide bonds. The molecular formula is C28H26F3N5O5S. The number of aliphatic hydroxyl groups excluding tert-OH is 1. The molecule has 1 unspecified atom stereocenters. The molecule has 10 nitrogen and oxygen atoms in total. The number of nitriles is 2. The molecule has 14 heteroatoms. The molecule has 0 saturated carbocycles. The van der Waals surface area contributed by atoms with Crippen LogP contribution < -0.4 is 4.90 Å². The van der Waals surface area contributed by atoms with E-state index >= 15 is 0 Å². The summed E-state index contributed by atoms with van der Waals surface area (Å²) < 4.78 is 66.4. The fraction of sp³-hybridized carbons (Fsp3) is 0.357. The van der Waals surface area contributed by atoms with Gasteiger partial charge in [-0.25, -0.2) is 22.9 Å². The highest BCUT2D eigenvalue weighted by Crippen LogP contribution is 2.43. The van der Waals surface area contributed by atoms with Crippen molar-refractivity contribution >= 4 is 27.6 Å². The number of piperidine rings is 1. The fourth-order valence-corrected chi connectivity index (χ4v) is 6.24. The lowest BCUT2D eigenvalue weighted by Crippen LogP contribution is -2.59. The van der Waals surface area contributed by atoms with Crippen LogP contribution in [0.2, 0.25) is 0 Å². The number of likely N-dealkylation sites (tertiary alicyclic amines) is 1. The number of nitrogens with zero attached hydrogens (tertiary/aromatic N) is 5. The van der Waals surface area contributed by atoms with Gasteiger partial charge in [0.05, 0.1) is 52.1 Å². The molecule has 1 N–H and O–H groups in total. The second-order valence-corrected chi connectivity index (χ2v) is 12.0. The zero-order chi connectivity index (χ0) is 31.0. The van der Waals surface area contributed by atoms with Crippen molar-refractivity contribution in [2.45, 2.75) is 49.3 Å². The molecule has 0 aromatic heterocycles. The molecule has 2 aliphatic rings. The predicted molar refractivity (Wildman–Crippen MR) is 143 cm³/mol. The Bertz CT molecular complexity index is 1660. The van der Waals surface area contributed by atoms with Crippen LogP contribution >= 0.6 is 0 Å². The first-order valence-corrected chi connectivity index (χ1v) is 14.7. The molecule has 2 atom stereocenters. The van der Waals surface area contributed by atoms with Crippen LogP contribution in [0.1, 0.15) is 48.9 Å². The molecule has 0 radical (unpaired) electrons. The number of anilines is 1. The normalized spacial score (nSPS) is 19.9. The molecule has 0 aliphatic carbocycles. The summed E-state index contributed by atoms with van der Waals surface area (Å²) in [5.41, 5.74) is -1.89. The fourth-order valence-electron chi connectivity index (χ4n) is 5.29. The maximum absolute atomic E-state index is 14.2. The topological polar surface area (TPSA) is 146 Å². The first kappa shape index (κ1) is 30.6. The van der Waals surface area contributed by atoms with Crippen LogP contribution in [0.15, 0.2) is 58.6 Å². The summed E-state index contributed by atoms with van der Waals surface area (Å²) in [6.07, 6.45) is -2.24. The van der Waals surface area contributed by atoms with Gasteiger partial charge in [0.25, 0.3) is 0 Å². The van der Waals surface area contributed by atoms with Crippen molar-refractivity contribution < 1.29 is 36.3 Å². The molecular weight excluding hydrogens is 575 g/mol. The number of carbonyl (C=O) groups is 2. The lowest BCUT2D eigenvalue weighted by molar-refractivity contribution is -0.137. The van der Waals surface area contributed by atoms with Crippen LogP contribution in [0.25, 0.3) is 0 Å². The number of alkyl halides is 3. The molecule has 1 saturated heterocycles. The van der Waals surface area contributed by atoms with Crippen molar-refractivity contribution in [1.29, 1.82) is 10.5 Å². The minimum Gasteiger partial charge on any atom is -0.394 e. The molecule has 0 spiro atoms. The van der Waals surface area contributed by atoms with E-state index in [0.717, 1.165) is 29.4 Å². The summed E-state index contributed by atoms with van der Waals surface area (Å²) in [5.74, 6) is 0. The van der Waals surface area contributed by atoms with Crippen molar-refractivity contribution in [2.24, 2.45) is 0 Å². The SMILES string of the molecule is CC1=C(C#N)[C@@H](c2ccc(C#N)cc2S(C)(=O)=O)N(C(=O)N2CCCCC2CO)C(=O)N1c1cccc(C(F)(F)F)c1. The van der Waals surface area contributed by atoms with Crippen molar-refractivity contribution in [3.05, 3.63) is 70.4 Å². The molecule has 2 aliphatic heterocycles. The smallest absolute Gasteiger partial charge is 0.394 e. The van der Waals surface area contributed by atoms with E-state index in [2.05, 4.69) is 0 Å². The van der Waals surface area contributed by atoms with Gasteiger partial charge in [-0.05, 0) is 62.1 Å². The van der Waals surface area contributed by atoms with E-state index in [-0.39, 0.29) is 34.6 Å². The average molecular weight is 602 g/mol. The third-order valence-corrected chi connectivity index (χ3v) is 8.49. The average Bonchev–Trinajstić information content (AvgIpc) is 2.95. The molecule has 2 heterocycles. The second-order valence-electron chi connectivity index (χ2n) is 9.99. The van der Waals surface area contributed by atoms with Crippen molar-refractivity contribution in [2.75, 3.05) is 24.3 Å². The van der Waals surface area contributed by atoms with Crippen molar-refractivity contribution in [3.63, 3.8) is 0 Å². The highest BCUT2D eigenvalue weighted by atomic mass is 32.2. The molecule has 2 aromatic carbocycles. The highest BCUT2D eigenvalue weighted by molar-refractivity contribution is 7.90. The van der Waals surface area contributed by atoms with Gasteiger partial charge in [0.2, 0.25) is 0 Å². The maximum Gasteiger partial charge on any atom is 0.416 e. The van der Waals surface area contributed by atoms with E-state index in [1.54, 1.807) is 0 Å². The number of halogens is 3. The van der Waals surface area contributed by atoms with Crippen LogP contribution in [0, 0.1) is 22.7 Å². The number of rotatable bonds is 4. The van der Waals surface area contributed by atoms with Crippen LogP contribution in [0.3, 0.4) is 0 Å². The summed E-state index contributed by atoms with van der Waals surface area (Å²) >= 11 is 0. The van der Waals surface area contributed by atoms with Gasteiger partial charge < -0.3 is 10.0 Å². The van der Waals surface area contributed by atoms with Gasteiger partial charge in [0, 0.05) is 18.5 Å². The Kier molecular flexibility index (Phi) is 8.34. The minimum absolute atomic E-state index is 0.0274. The number of hydrogen-bond donors (Lipinski definition) is 1. The van der Waals surface area contributed by atoms with Crippen molar-refractivity contribution in [3.8, 4) is 12.1 Å². The number of sulfone groups is 1. The van der Waals surface area contributed by atoms with Gasteiger partial charge in [-0.1, -0.05) is 12.1 Å². The number of carbonyl (C=O) groups excluding carboxylic acids is 2. The Balaban J connectivity index is 2.02. The summed E-state index contributed by atoms with van der Waals surface area (Å²) in [6, 6.07) is 6.80. The lowest BCUT2D eigenvalue weighted by atomic mass is 9.92. The van der Waals surface area contributed by atoms with Crippen LogP contribution in [-0.2, 0) is 16.0 Å². The Morgan fingerprint density at radius 1 is 1.12 bits per heavy atom. The van der Waals surface area contributed by atoms with E-state index in [4.69, 9.17) is 0 Å². The standard InChI is InChI=1S/C28H26F3N5O5S/c1-17-23(15-33)25(22-10-9-18(14-32)12-24(22)42(2,40)41)36(26(38)34-11-4-3-7-21(34)16-37)27(39)35(17)20-8-5-6-19(13-20)28(29,30)31/h5-6,8-10,12-13,21,25,37H,3-4,7,11,16H2,1-2H3/t21?,25-/m1/s1. The summed E-state index contributed by atoms with van der Waals surface area (Å²) in [5, 5.41) is 29.6. The summed E-state index contributed by atoms with van der Waals surface area (Å²) in [7, 11) is -4.08. The molecule has 1 fully saturated rings. The van der Waals surface area contributed by atoms with E-state index in [9.17, 15) is 46.8 Å². The monoisotopic (exact) mass is 601 g/mol. The van der Waals surface area contributed by atoms with Crippen LogP contribution in [0.5, 0.6) is 0 Å². The van der Waals surface area contributed by atoms with Crippen molar-refractivity contribution in [1.82, 2.24) is 9.80 Å². The zero-order valence-electron chi connectivity index (χ0n) is 22.6. The Labute approximate surface area is 240 Å². The van der Waals surface area contributed by atoms with E-state index in [1.165, 1.54) is 30.0 Å². The predicted octanol–water partition coefficient (Wildman–Crippen LogP) is 4.73. The Morgan fingerprint density at radius 3 is 2.43 bits per heavy atom. The lowest BCUT2D eigenvalue weighted by Gasteiger charge is -2.45. The number of imide groups is 1. The zero-order valence-corrected chi connectivity index (χ0v) is 23.4. The number of benzene rings is 2. The molecule has 42 heavy (non-hydrogen) atoms. The maximum atomic E-state index is 14.2. The number of amides is 4. The summed E-state index contributed by atoms with van der Waals surface area (Å²) in [6.45, 7) is 1.02. The van der Waals surface area contributed by atoms with Gasteiger partial charge in [-0.3, -0.25) is 4.90 Å². The Hall–Kier alpha value is -4.40.